The van der Waals surface area contributed by atoms with E-state index in [1.54, 1.807) is 49.4 Å². The number of amides is 2. The van der Waals surface area contributed by atoms with Gasteiger partial charge < -0.3 is 25.5 Å². The molecule has 0 aromatic heterocycles. The van der Waals surface area contributed by atoms with Crippen molar-refractivity contribution in [3.63, 3.8) is 0 Å². The highest BCUT2D eigenvalue weighted by atomic mass is 33.1. The zero-order valence-electron chi connectivity index (χ0n) is 18.2. The van der Waals surface area contributed by atoms with Gasteiger partial charge in [-0.3, -0.25) is 4.79 Å². The first-order chi connectivity index (χ1) is 12.9. The zero-order chi connectivity index (χ0) is 21.8. The molecule has 0 bridgehead atoms. The maximum atomic E-state index is 12.2. The highest BCUT2D eigenvalue weighted by Crippen LogP contribution is 2.35. The minimum atomic E-state index is -0.602. The van der Waals surface area contributed by atoms with Crippen LogP contribution in [0.4, 0.5) is 4.79 Å². The Morgan fingerprint density at radius 3 is 2.25 bits per heavy atom. The Labute approximate surface area is 177 Å². The quantitative estimate of drug-likeness (QED) is 0.246. The Hall–Kier alpha value is -0.930. The summed E-state index contributed by atoms with van der Waals surface area (Å²) in [5.74, 6) is 0.667. The zero-order valence-corrected chi connectivity index (χ0v) is 19.9. The smallest absolute Gasteiger partial charge is 0.408 e. The molecule has 3 N–H and O–H groups in total. The summed E-state index contributed by atoms with van der Waals surface area (Å²) in [5.41, 5.74) is -0.602. The van der Waals surface area contributed by atoms with E-state index in [0.29, 0.717) is 31.4 Å². The minimum absolute atomic E-state index is 0.0247. The first-order valence-corrected chi connectivity index (χ1v) is 11.9. The molecule has 2 amide bonds. The van der Waals surface area contributed by atoms with E-state index < -0.39 is 17.7 Å². The number of likely N-dealkylation sites (N-methyl/N-ethyl adjacent to an activating group) is 1. The number of carbonyl (C=O) groups excluding carboxylic acids is 3. The number of unbranched alkanes of at least 4 members (excludes halogenated alkanes) is 1. The van der Waals surface area contributed by atoms with Gasteiger partial charge in [0.1, 0.15) is 11.9 Å². The van der Waals surface area contributed by atoms with Gasteiger partial charge in [-0.25, -0.2) is 4.79 Å². The predicted octanol–water partition coefficient (Wildman–Crippen LogP) is 3.13. The Kier molecular flexibility index (Phi) is 12.9. The molecule has 2 atom stereocenters. The van der Waals surface area contributed by atoms with Crippen LogP contribution in [0, 0.1) is 0 Å². The number of hydrogen-bond donors (Lipinski definition) is 3. The van der Waals surface area contributed by atoms with Crippen LogP contribution in [0.5, 0.6) is 0 Å². The molecule has 0 aliphatic rings. The standard InChI is InChI=1S/C19H37N3O4S2/c1-18(2,3)26-17(25)22-14(12-23)10-8-9-11-21-16(24)15(20-7)13-27-28-19(4,5)6/h12,14-15,20H,8-11,13H2,1-7H3,(H,21,24)(H,22,25). The van der Waals surface area contributed by atoms with E-state index in [1.807, 2.05) is 0 Å². The maximum Gasteiger partial charge on any atom is 0.408 e. The van der Waals surface area contributed by atoms with Gasteiger partial charge in [-0.15, -0.1) is 0 Å². The Morgan fingerprint density at radius 2 is 1.75 bits per heavy atom. The van der Waals surface area contributed by atoms with Crippen LogP contribution in [0.25, 0.3) is 0 Å². The molecule has 0 aliphatic heterocycles. The van der Waals surface area contributed by atoms with Gasteiger partial charge in [-0.1, -0.05) is 42.4 Å². The van der Waals surface area contributed by atoms with E-state index in [-0.39, 0.29) is 16.7 Å². The molecule has 0 fully saturated rings. The molecule has 0 heterocycles. The molecule has 0 rings (SSSR count). The number of aldehydes is 1. The van der Waals surface area contributed by atoms with Crippen molar-refractivity contribution in [3.05, 3.63) is 0 Å². The highest BCUT2D eigenvalue weighted by Gasteiger charge is 2.20. The number of alkyl carbamates (subject to hydrolysis) is 1. The lowest BCUT2D eigenvalue weighted by Gasteiger charge is -2.21. The molecule has 0 aromatic carbocycles. The fraction of sp³-hybridized carbons (Fsp3) is 0.842. The molecule has 0 saturated heterocycles. The maximum absolute atomic E-state index is 12.2. The SMILES string of the molecule is CNC(CSSC(C)(C)C)C(=O)NCCCCC(C=O)NC(=O)OC(C)(C)C. The third kappa shape index (κ3) is 15.0. The summed E-state index contributed by atoms with van der Waals surface area (Å²) in [5, 5.41) is 8.52. The molecule has 0 aromatic rings. The molecule has 28 heavy (non-hydrogen) atoms. The van der Waals surface area contributed by atoms with Crippen LogP contribution in [0.1, 0.15) is 60.8 Å². The molecule has 0 spiro atoms. The first kappa shape index (κ1) is 27.1. The third-order valence-electron chi connectivity index (χ3n) is 3.32. The van der Waals surface area contributed by atoms with Crippen molar-refractivity contribution in [3.8, 4) is 0 Å². The van der Waals surface area contributed by atoms with E-state index >= 15 is 0 Å². The molecular formula is C19H37N3O4S2. The average Bonchev–Trinajstić information content (AvgIpc) is 2.54. The fourth-order valence-electron chi connectivity index (χ4n) is 2.03. The topological polar surface area (TPSA) is 96.5 Å². The number of nitrogens with one attached hydrogen (secondary N) is 3. The summed E-state index contributed by atoms with van der Waals surface area (Å²) in [6, 6.07) is -0.821. The number of carbonyl (C=O) groups is 3. The van der Waals surface area contributed by atoms with Gasteiger partial charge in [0.2, 0.25) is 5.91 Å². The van der Waals surface area contributed by atoms with Crippen molar-refractivity contribution in [2.75, 3.05) is 19.3 Å². The molecule has 0 aliphatic carbocycles. The Bertz CT molecular complexity index is 491. The van der Waals surface area contributed by atoms with E-state index in [2.05, 4.69) is 36.7 Å². The number of rotatable bonds is 12. The minimum Gasteiger partial charge on any atom is -0.444 e. The highest BCUT2D eigenvalue weighted by molar-refractivity contribution is 8.77. The summed E-state index contributed by atoms with van der Waals surface area (Å²) in [7, 11) is 5.22. The fourth-order valence-corrected chi connectivity index (χ4v) is 4.57. The van der Waals surface area contributed by atoms with Crippen LogP contribution < -0.4 is 16.0 Å². The van der Waals surface area contributed by atoms with Crippen LogP contribution >= 0.6 is 21.6 Å². The Morgan fingerprint density at radius 1 is 1.11 bits per heavy atom. The van der Waals surface area contributed by atoms with Crippen LogP contribution in [-0.4, -0.2) is 60.1 Å². The van der Waals surface area contributed by atoms with E-state index in [0.717, 1.165) is 6.42 Å². The lowest BCUT2D eigenvalue weighted by molar-refractivity contribution is -0.122. The lowest BCUT2D eigenvalue weighted by atomic mass is 10.1. The van der Waals surface area contributed by atoms with Crippen LogP contribution in [0.15, 0.2) is 0 Å². The van der Waals surface area contributed by atoms with E-state index in [9.17, 15) is 14.4 Å². The summed E-state index contributed by atoms with van der Waals surface area (Å²) in [6.45, 7) is 12.3. The van der Waals surface area contributed by atoms with Gasteiger partial charge in [0, 0.05) is 17.0 Å². The second-order valence-electron chi connectivity index (χ2n) is 8.50. The van der Waals surface area contributed by atoms with Crippen LogP contribution in [0.3, 0.4) is 0 Å². The first-order valence-electron chi connectivity index (χ1n) is 9.58. The van der Waals surface area contributed by atoms with Gasteiger partial charge in [-0.05, 0) is 47.1 Å². The van der Waals surface area contributed by atoms with Crippen molar-refractivity contribution in [2.24, 2.45) is 0 Å². The average molecular weight is 436 g/mol. The van der Waals surface area contributed by atoms with Crippen molar-refractivity contribution in [1.82, 2.24) is 16.0 Å². The normalized spacial score (nSPS) is 14.1. The molecule has 0 saturated carbocycles. The summed E-state index contributed by atoms with van der Waals surface area (Å²) >= 11 is 0. The van der Waals surface area contributed by atoms with Crippen molar-refractivity contribution >= 4 is 39.9 Å². The number of ether oxygens (including phenoxy) is 1. The van der Waals surface area contributed by atoms with Crippen molar-refractivity contribution < 1.29 is 19.1 Å². The summed E-state index contributed by atoms with van der Waals surface area (Å²) in [4.78, 5) is 35.1. The molecule has 9 heteroatoms. The second kappa shape index (κ2) is 13.3. The monoisotopic (exact) mass is 435 g/mol. The molecule has 7 nitrogen and oxygen atoms in total. The molecule has 164 valence electrons. The summed E-state index contributed by atoms with van der Waals surface area (Å²) in [6.07, 6.45) is 2.06. The molecule has 2 unspecified atom stereocenters. The third-order valence-corrected chi connectivity index (χ3v) is 6.67. The van der Waals surface area contributed by atoms with E-state index in [1.165, 1.54) is 0 Å². The Balaban J connectivity index is 4.06. The van der Waals surface area contributed by atoms with Crippen LogP contribution in [-0.2, 0) is 14.3 Å². The molecular weight excluding hydrogens is 398 g/mol. The number of hydrogen-bond acceptors (Lipinski definition) is 7. The van der Waals surface area contributed by atoms with Crippen molar-refractivity contribution in [1.29, 1.82) is 0 Å². The van der Waals surface area contributed by atoms with Gasteiger partial charge in [-0.2, -0.15) is 0 Å². The van der Waals surface area contributed by atoms with Crippen LogP contribution in [0.2, 0.25) is 0 Å². The summed E-state index contributed by atoms with van der Waals surface area (Å²) < 4.78 is 5.30. The largest absolute Gasteiger partial charge is 0.444 e. The van der Waals surface area contributed by atoms with Crippen molar-refractivity contribution in [2.45, 2.75) is 83.2 Å². The van der Waals surface area contributed by atoms with Gasteiger partial charge in [0.15, 0.2) is 0 Å². The van der Waals surface area contributed by atoms with Gasteiger partial charge in [0.05, 0.1) is 12.1 Å². The lowest BCUT2D eigenvalue weighted by Crippen LogP contribution is -2.44. The van der Waals surface area contributed by atoms with E-state index in [4.69, 9.17) is 4.74 Å². The van der Waals surface area contributed by atoms with Gasteiger partial charge in [0.25, 0.3) is 0 Å². The second-order valence-corrected chi connectivity index (χ2v) is 11.7. The molecule has 0 radical (unpaired) electrons. The van der Waals surface area contributed by atoms with Gasteiger partial charge >= 0.3 is 6.09 Å². The predicted molar refractivity (Wildman–Crippen MR) is 119 cm³/mol.